The summed E-state index contributed by atoms with van der Waals surface area (Å²) in [7, 11) is 3.46. The summed E-state index contributed by atoms with van der Waals surface area (Å²) in [4.78, 5) is 2.00. The van der Waals surface area contributed by atoms with Gasteiger partial charge in [-0.2, -0.15) is 0 Å². The third-order valence-electron chi connectivity index (χ3n) is 2.68. The van der Waals surface area contributed by atoms with Crippen LogP contribution < -0.4 is 10.5 Å². The van der Waals surface area contributed by atoms with Gasteiger partial charge in [0.2, 0.25) is 0 Å². The first-order valence-electron chi connectivity index (χ1n) is 5.99. The van der Waals surface area contributed by atoms with Crippen LogP contribution in [0.25, 0.3) is 0 Å². The first kappa shape index (κ1) is 15.3. The predicted molar refractivity (Wildman–Crippen MR) is 73.5 cm³/mol. The number of benzene rings is 1. The van der Waals surface area contributed by atoms with E-state index in [2.05, 4.69) is 5.16 Å². The van der Waals surface area contributed by atoms with Crippen LogP contribution >= 0.6 is 0 Å². The van der Waals surface area contributed by atoms with Crippen LogP contribution in [0.2, 0.25) is 0 Å². The highest BCUT2D eigenvalue weighted by Gasteiger charge is 2.10. The Bertz CT molecular complexity index is 447. The lowest BCUT2D eigenvalue weighted by Crippen LogP contribution is -2.26. The molecule has 0 heterocycles. The van der Waals surface area contributed by atoms with E-state index in [9.17, 15) is 5.11 Å². The number of nitrogens with two attached hydrogens (primary N) is 1. The van der Waals surface area contributed by atoms with E-state index >= 15 is 0 Å². The zero-order valence-electron chi connectivity index (χ0n) is 11.5. The molecule has 0 aromatic heterocycles. The summed E-state index contributed by atoms with van der Waals surface area (Å²) in [5.41, 5.74) is 7.14. The van der Waals surface area contributed by atoms with Crippen molar-refractivity contribution in [3.63, 3.8) is 0 Å². The molecule has 1 unspecified atom stereocenters. The molecule has 106 valence electrons. The molecular weight excluding hydrogens is 246 g/mol. The zero-order valence-corrected chi connectivity index (χ0v) is 11.5. The number of amidine groups is 1. The van der Waals surface area contributed by atoms with Crippen LogP contribution in [0.3, 0.4) is 0 Å². The Labute approximate surface area is 113 Å². The van der Waals surface area contributed by atoms with Crippen molar-refractivity contribution in [2.45, 2.75) is 19.6 Å². The van der Waals surface area contributed by atoms with Crippen molar-refractivity contribution in [3.05, 3.63) is 29.3 Å². The summed E-state index contributed by atoms with van der Waals surface area (Å²) in [5, 5.41) is 21.0. The zero-order chi connectivity index (χ0) is 14.4. The third-order valence-corrected chi connectivity index (χ3v) is 2.68. The van der Waals surface area contributed by atoms with E-state index in [1.165, 1.54) is 7.11 Å². The fraction of sp³-hybridized carbons (Fsp3) is 0.462. The van der Waals surface area contributed by atoms with Gasteiger partial charge in [0.15, 0.2) is 5.84 Å². The monoisotopic (exact) mass is 267 g/mol. The standard InChI is InChI=1S/C13H21N3O3/c1-9(17)7-16(2)8-10-4-5-11(13(14)15-18)12(6-10)19-3/h4-6,9,17-18H,7-8H2,1-3H3,(H2,14,15). The van der Waals surface area contributed by atoms with Crippen LogP contribution in [0, 0.1) is 0 Å². The Morgan fingerprint density at radius 3 is 2.74 bits per heavy atom. The molecule has 0 spiro atoms. The van der Waals surface area contributed by atoms with E-state index in [1.807, 2.05) is 24.1 Å². The molecule has 19 heavy (non-hydrogen) atoms. The molecule has 1 atom stereocenters. The molecule has 0 aliphatic carbocycles. The number of hydrogen-bond donors (Lipinski definition) is 3. The van der Waals surface area contributed by atoms with E-state index in [1.54, 1.807) is 13.0 Å². The number of rotatable bonds is 6. The van der Waals surface area contributed by atoms with Crippen LogP contribution in [0.5, 0.6) is 5.75 Å². The number of likely N-dealkylation sites (N-methyl/N-ethyl adjacent to an activating group) is 1. The number of hydrogen-bond acceptors (Lipinski definition) is 5. The maximum absolute atomic E-state index is 9.32. The lowest BCUT2D eigenvalue weighted by Gasteiger charge is -2.19. The second-order valence-electron chi connectivity index (χ2n) is 4.57. The van der Waals surface area contributed by atoms with Gasteiger partial charge in [-0.05, 0) is 31.7 Å². The van der Waals surface area contributed by atoms with Crippen LogP contribution in [0.1, 0.15) is 18.1 Å². The molecule has 1 aromatic carbocycles. The van der Waals surface area contributed by atoms with Crippen molar-refractivity contribution in [2.24, 2.45) is 10.9 Å². The molecule has 0 saturated heterocycles. The average molecular weight is 267 g/mol. The van der Waals surface area contributed by atoms with Crippen LogP contribution in [-0.4, -0.2) is 47.9 Å². The Balaban J connectivity index is 2.88. The Morgan fingerprint density at radius 2 is 2.21 bits per heavy atom. The molecule has 4 N–H and O–H groups in total. The second kappa shape index (κ2) is 6.96. The summed E-state index contributed by atoms with van der Waals surface area (Å²) in [6, 6.07) is 5.47. The van der Waals surface area contributed by atoms with Gasteiger partial charge in [0.25, 0.3) is 0 Å². The SMILES string of the molecule is COc1cc(CN(C)CC(C)O)ccc1/C(N)=N/O. The minimum atomic E-state index is -0.372. The second-order valence-corrected chi connectivity index (χ2v) is 4.57. The molecule has 0 radical (unpaired) electrons. The summed E-state index contributed by atoms with van der Waals surface area (Å²) in [6.45, 7) is 3.01. The van der Waals surface area contributed by atoms with E-state index in [0.29, 0.717) is 24.4 Å². The lowest BCUT2D eigenvalue weighted by atomic mass is 10.1. The van der Waals surface area contributed by atoms with Gasteiger partial charge in [0.1, 0.15) is 5.75 Å². The molecule has 0 saturated carbocycles. The summed E-state index contributed by atoms with van der Waals surface area (Å²) in [5.74, 6) is 0.569. The average Bonchev–Trinajstić information content (AvgIpc) is 2.36. The molecule has 1 aromatic rings. The fourth-order valence-corrected chi connectivity index (χ4v) is 1.93. The van der Waals surface area contributed by atoms with Gasteiger partial charge in [-0.15, -0.1) is 0 Å². The van der Waals surface area contributed by atoms with E-state index in [4.69, 9.17) is 15.7 Å². The molecule has 0 bridgehead atoms. The molecule has 0 fully saturated rings. The molecule has 0 aliphatic heterocycles. The van der Waals surface area contributed by atoms with Gasteiger partial charge in [0, 0.05) is 13.1 Å². The largest absolute Gasteiger partial charge is 0.496 e. The van der Waals surface area contributed by atoms with Crippen LogP contribution in [-0.2, 0) is 6.54 Å². The van der Waals surface area contributed by atoms with Gasteiger partial charge in [-0.3, -0.25) is 4.90 Å². The van der Waals surface area contributed by atoms with Crippen molar-refractivity contribution in [3.8, 4) is 5.75 Å². The maximum Gasteiger partial charge on any atom is 0.173 e. The number of methoxy groups -OCH3 is 1. The molecule has 1 rings (SSSR count). The lowest BCUT2D eigenvalue weighted by molar-refractivity contribution is 0.138. The van der Waals surface area contributed by atoms with Gasteiger partial charge in [0.05, 0.1) is 18.8 Å². The smallest absolute Gasteiger partial charge is 0.173 e. The summed E-state index contributed by atoms with van der Waals surface area (Å²) >= 11 is 0. The quantitative estimate of drug-likeness (QED) is 0.304. The number of nitrogens with zero attached hydrogens (tertiary/aromatic N) is 2. The van der Waals surface area contributed by atoms with Crippen molar-refractivity contribution >= 4 is 5.84 Å². The minimum absolute atomic E-state index is 0.0146. The van der Waals surface area contributed by atoms with Gasteiger partial charge in [-0.1, -0.05) is 11.2 Å². The van der Waals surface area contributed by atoms with E-state index in [0.717, 1.165) is 5.56 Å². The third kappa shape index (κ3) is 4.42. The minimum Gasteiger partial charge on any atom is -0.496 e. The van der Waals surface area contributed by atoms with Crippen molar-refractivity contribution in [2.75, 3.05) is 20.7 Å². The normalized spacial score (nSPS) is 13.6. The van der Waals surface area contributed by atoms with Crippen molar-refractivity contribution in [1.29, 1.82) is 0 Å². The van der Waals surface area contributed by atoms with E-state index in [-0.39, 0.29) is 11.9 Å². The number of oxime groups is 1. The molecule has 6 heteroatoms. The highest BCUT2D eigenvalue weighted by atomic mass is 16.5. The van der Waals surface area contributed by atoms with Crippen LogP contribution in [0.15, 0.2) is 23.4 Å². The number of aliphatic hydroxyl groups is 1. The van der Waals surface area contributed by atoms with E-state index < -0.39 is 0 Å². The highest BCUT2D eigenvalue weighted by Crippen LogP contribution is 2.20. The number of ether oxygens (including phenoxy) is 1. The topological polar surface area (TPSA) is 91.3 Å². The Kier molecular flexibility index (Phi) is 5.59. The predicted octanol–water partition coefficient (Wildman–Crippen LogP) is 0.602. The van der Waals surface area contributed by atoms with Gasteiger partial charge >= 0.3 is 0 Å². The molecular formula is C13H21N3O3. The summed E-state index contributed by atoms with van der Waals surface area (Å²) < 4.78 is 5.23. The highest BCUT2D eigenvalue weighted by molar-refractivity contribution is 5.99. The van der Waals surface area contributed by atoms with Gasteiger partial charge < -0.3 is 20.8 Å². The number of aliphatic hydroxyl groups excluding tert-OH is 1. The Morgan fingerprint density at radius 1 is 1.53 bits per heavy atom. The Hall–Kier alpha value is -1.79. The maximum atomic E-state index is 9.32. The molecule has 6 nitrogen and oxygen atoms in total. The molecule has 0 aliphatic rings. The first-order valence-corrected chi connectivity index (χ1v) is 5.99. The fourth-order valence-electron chi connectivity index (χ4n) is 1.93. The van der Waals surface area contributed by atoms with Crippen molar-refractivity contribution in [1.82, 2.24) is 4.90 Å². The first-order chi connectivity index (χ1) is 8.97. The van der Waals surface area contributed by atoms with Gasteiger partial charge in [-0.25, -0.2) is 0 Å². The molecule has 0 amide bonds. The van der Waals surface area contributed by atoms with Crippen LogP contribution in [0.4, 0.5) is 0 Å². The van der Waals surface area contributed by atoms with Crippen molar-refractivity contribution < 1.29 is 15.1 Å². The summed E-state index contributed by atoms with van der Waals surface area (Å²) in [6.07, 6.45) is -0.372.